The van der Waals surface area contributed by atoms with E-state index in [2.05, 4.69) is 10.3 Å². The minimum absolute atomic E-state index is 0.0464. The van der Waals surface area contributed by atoms with Crippen molar-refractivity contribution in [3.8, 4) is 0 Å². The molecule has 0 fully saturated rings. The smallest absolute Gasteiger partial charge is 0.396 e. The Hall–Kier alpha value is -1.01. The summed E-state index contributed by atoms with van der Waals surface area (Å²) in [6, 6.07) is 1.65. The van der Waals surface area contributed by atoms with Crippen molar-refractivity contribution >= 4 is 17.4 Å². The first-order chi connectivity index (χ1) is 7.82. The molecular formula is C10H12ClF3N2O. The molecule has 0 saturated heterocycles. The second-order valence-electron chi connectivity index (χ2n) is 3.73. The number of hydrogen-bond donors (Lipinski definition) is 2. The van der Waals surface area contributed by atoms with Crippen molar-refractivity contribution in [2.75, 3.05) is 18.5 Å². The van der Waals surface area contributed by atoms with Crippen molar-refractivity contribution in [3.63, 3.8) is 0 Å². The van der Waals surface area contributed by atoms with E-state index in [0.717, 1.165) is 12.1 Å². The molecule has 0 aromatic carbocycles. The van der Waals surface area contributed by atoms with Gasteiger partial charge in [-0.25, -0.2) is 4.98 Å². The predicted molar refractivity (Wildman–Crippen MR) is 59.0 cm³/mol. The van der Waals surface area contributed by atoms with Crippen molar-refractivity contribution in [2.24, 2.45) is 5.92 Å². The Balaban J connectivity index is 2.83. The van der Waals surface area contributed by atoms with Crippen LogP contribution in [0.4, 0.5) is 19.0 Å². The van der Waals surface area contributed by atoms with Crippen LogP contribution in [0.25, 0.3) is 0 Å². The van der Waals surface area contributed by atoms with Gasteiger partial charge in [0.15, 0.2) is 0 Å². The summed E-state index contributed by atoms with van der Waals surface area (Å²) in [5.74, 6) is -0.0322. The summed E-state index contributed by atoms with van der Waals surface area (Å²) in [6.45, 7) is 2.02. The second kappa shape index (κ2) is 5.55. The Morgan fingerprint density at radius 1 is 1.47 bits per heavy atom. The van der Waals surface area contributed by atoms with Crippen LogP contribution in [-0.4, -0.2) is 23.2 Å². The number of nitrogens with zero attached hydrogens (tertiary/aromatic N) is 1. The molecule has 0 spiro atoms. The molecule has 0 bridgehead atoms. The number of aliphatic hydroxyl groups excluding tert-OH is 1. The molecule has 7 heteroatoms. The number of hydrogen-bond acceptors (Lipinski definition) is 3. The summed E-state index contributed by atoms with van der Waals surface area (Å²) >= 11 is 5.50. The van der Waals surface area contributed by atoms with Gasteiger partial charge in [-0.2, -0.15) is 13.2 Å². The molecule has 1 heterocycles. The first kappa shape index (κ1) is 14.1. The van der Waals surface area contributed by atoms with Crippen LogP contribution in [0.1, 0.15) is 12.5 Å². The number of aromatic nitrogens is 1. The van der Waals surface area contributed by atoms with Crippen molar-refractivity contribution < 1.29 is 18.3 Å². The molecule has 1 aromatic heterocycles. The largest absolute Gasteiger partial charge is 0.416 e. The lowest BCUT2D eigenvalue weighted by Crippen LogP contribution is -2.16. The van der Waals surface area contributed by atoms with Gasteiger partial charge < -0.3 is 10.4 Å². The average molecular weight is 269 g/mol. The highest BCUT2D eigenvalue weighted by molar-refractivity contribution is 6.29. The van der Waals surface area contributed by atoms with Crippen LogP contribution in [0.2, 0.25) is 5.15 Å². The maximum absolute atomic E-state index is 12.5. The molecule has 0 amide bonds. The van der Waals surface area contributed by atoms with Crippen LogP contribution in [0.3, 0.4) is 0 Å². The van der Waals surface area contributed by atoms with Gasteiger partial charge in [0.2, 0.25) is 0 Å². The summed E-state index contributed by atoms with van der Waals surface area (Å²) in [4.78, 5) is 3.73. The van der Waals surface area contributed by atoms with Gasteiger partial charge in [-0.1, -0.05) is 18.5 Å². The highest BCUT2D eigenvalue weighted by Gasteiger charge is 2.31. The van der Waals surface area contributed by atoms with Crippen LogP contribution in [-0.2, 0) is 6.18 Å². The highest BCUT2D eigenvalue weighted by atomic mass is 35.5. The van der Waals surface area contributed by atoms with Gasteiger partial charge in [0.1, 0.15) is 11.0 Å². The van der Waals surface area contributed by atoms with E-state index in [4.69, 9.17) is 16.7 Å². The second-order valence-corrected chi connectivity index (χ2v) is 4.12. The molecule has 1 rings (SSSR count). The highest BCUT2D eigenvalue weighted by Crippen LogP contribution is 2.31. The van der Waals surface area contributed by atoms with Gasteiger partial charge in [0, 0.05) is 13.2 Å². The van der Waals surface area contributed by atoms with Gasteiger partial charge in [0.05, 0.1) is 5.56 Å². The number of nitrogens with one attached hydrogen (secondary N) is 1. The summed E-state index contributed by atoms with van der Waals surface area (Å²) < 4.78 is 37.4. The molecule has 0 aliphatic heterocycles. The first-order valence-electron chi connectivity index (χ1n) is 4.92. The van der Waals surface area contributed by atoms with E-state index in [1.165, 1.54) is 0 Å². The number of halogens is 4. The van der Waals surface area contributed by atoms with E-state index in [1.807, 2.05) is 0 Å². The normalized spacial score (nSPS) is 13.5. The van der Waals surface area contributed by atoms with Crippen molar-refractivity contribution in [3.05, 3.63) is 22.8 Å². The minimum atomic E-state index is -4.45. The maximum atomic E-state index is 12.5. The van der Waals surface area contributed by atoms with E-state index in [9.17, 15) is 13.2 Å². The summed E-state index contributed by atoms with van der Waals surface area (Å²) in [7, 11) is 0. The Bertz CT molecular complexity index is 384. The SMILES string of the molecule is CC(CO)CNc1cc(C(F)(F)F)cc(Cl)n1. The topological polar surface area (TPSA) is 45.1 Å². The Labute approximate surface area is 102 Å². The quantitative estimate of drug-likeness (QED) is 0.826. The number of rotatable bonds is 4. The molecule has 1 unspecified atom stereocenters. The van der Waals surface area contributed by atoms with E-state index >= 15 is 0 Å². The molecule has 1 atom stereocenters. The Morgan fingerprint density at radius 3 is 2.65 bits per heavy atom. The van der Waals surface area contributed by atoms with Gasteiger partial charge in [-0.15, -0.1) is 0 Å². The molecule has 96 valence electrons. The maximum Gasteiger partial charge on any atom is 0.416 e. The van der Waals surface area contributed by atoms with Crippen LogP contribution in [0.15, 0.2) is 12.1 Å². The Morgan fingerprint density at radius 2 is 2.12 bits per heavy atom. The van der Waals surface area contributed by atoms with E-state index < -0.39 is 11.7 Å². The fraction of sp³-hybridized carbons (Fsp3) is 0.500. The monoisotopic (exact) mass is 268 g/mol. The molecule has 1 aromatic rings. The molecule has 3 nitrogen and oxygen atoms in total. The predicted octanol–water partition coefficient (Wildman–Crippen LogP) is 2.79. The third kappa shape index (κ3) is 4.40. The number of aliphatic hydroxyl groups is 1. The molecule has 0 radical (unpaired) electrons. The minimum Gasteiger partial charge on any atom is -0.396 e. The summed E-state index contributed by atoms with van der Waals surface area (Å²) in [6.07, 6.45) is -4.45. The van der Waals surface area contributed by atoms with Crippen LogP contribution in [0.5, 0.6) is 0 Å². The van der Waals surface area contributed by atoms with Crippen LogP contribution >= 0.6 is 11.6 Å². The zero-order chi connectivity index (χ0) is 13.1. The molecule has 0 aliphatic carbocycles. The van der Waals surface area contributed by atoms with Gasteiger partial charge >= 0.3 is 6.18 Å². The molecule has 2 N–H and O–H groups in total. The third-order valence-electron chi connectivity index (χ3n) is 2.06. The molecular weight excluding hydrogens is 257 g/mol. The lowest BCUT2D eigenvalue weighted by atomic mass is 10.2. The zero-order valence-corrected chi connectivity index (χ0v) is 9.81. The van der Waals surface area contributed by atoms with Gasteiger partial charge in [-0.3, -0.25) is 0 Å². The number of alkyl halides is 3. The Kier molecular flexibility index (Phi) is 4.59. The third-order valence-corrected chi connectivity index (χ3v) is 2.26. The zero-order valence-electron chi connectivity index (χ0n) is 9.05. The van der Waals surface area contributed by atoms with Crippen molar-refractivity contribution in [1.82, 2.24) is 4.98 Å². The van der Waals surface area contributed by atoms with E-state index in [0.29, 0.717) is 6.54 Å². The van der Waals surface area contributed by atoms with Crippen molar-refractivity contribution in [2.45, 2.75) is 13.1 Å². The average Bonchev–Trinajstić information content (AvgIpc) is 2.24. The standard InChI is InChI=1S/C10H12ClF3N2O/c1-6(5-17)4-15-9-3-7(10(12,13)14)2-8(11)16-9/h2-3,6,17H,4-5H2,1H3,(H,15,16). The summed E-state index contributed by atoms with van der Waals surface area (Å²) in [5, 5.41) is 11.3. The van der Waals surface area contributed by atoms with Gasteiger partial charge in [0.25, 0.3) is 0 Å². The lowest BCUT2D eigenvalue weighted by molar-refractivity contribution is -0.137. The van der Waals surface area contributed by atoms with Crippen molar-refractivity contribution in [1.29, 1.82) is 0 Å². The molecule has 0 aliphatic rings. The first-order valence-corrected chi connectivity index (χ1v) is 5.30. The molecule has 17 heavy (non-hydrogen) atoms. The fourth-order valence-electron chi connectivity index (χ4n) is 1.09. The number of pyridine rings is 1. The summed E-state index contributed by atoms with van der Waals surface area (Å²) in [5.41, 5.74) is -0.850. The van der Waals surface area contributed by atoms with Crippen LogP contribution in [0, 0.1) is 5.92 Å². The fourth-order valence-corrected chi connectivity index (χ4v) is 1.30. The van der Waals surface area contributed by atoms with Gasteiger partial charge in [-0.05, 0) is 18.1 Å². The molecule has 0 saturated carbocycles. The van der Waals surface area contributed by atoms with E-state index in [-0.39, 0.29) is 23.5 Å². The number of anilines is 1. The lowest BCUT2D eigenvalue weighted by Gasteiger charge is -2.12. The van der Waals surface area contributed by atoms with Crippen LogP contribution < -0.4 is 5.32 Å². The van der Waals surface area contributed by atoms with E-state index in [1.54, 1.807) is 6.92 Å².